The zero-order valence-electron chi connectivity index (χ0n) is 9.96. The van der Waals surface area contributed by atoms with Crippen molar-refractivity contribution >= 4 is 0 Å². The molecule has 1 aromatic rings. The molecule has 1 fully saturated rings. The fourth-order valence-corrected chi connectivity index (χ4v) is 2.40. The van der Waals surface area contributed by atoms with Gasteiger partial charge in [0.05, 0.1) is 5.56 Å². The fraction of sp³-hybridized carbons (Fsp3) is 0.538. The summed E-state index contributed by atoms with van der Waals surface area (Å²) < 4.78 is 44.2. The zero-order chi connectivity index (χ0) is 13.2. The highest BCUT2D eigenvalue weighted by molar-refractivity contribution is 5.35. The second kappa shape index (κ2) is 4.90. The standard InChI is InChI=1S/C13H16F3NO/c14-13(15,16)11-5-2-1-4-10(11)12(17)6-3-8-18-9-7-12/h1-2,4-5H,3,6-9,17H2. The summed E-state index contributed by atoms with van der Waals surface area (Å²) in [4.78, 5) is 0. The predicted octanol–water partition coefficient (Wildman–Crippen LogP) is 3.06. The summed E-state index contributed by atoms with van der Waals surface area (Å²) in [6.07, 6.45) is -2.75. The molecular formula is C13H16F3NO. The smallest absolute Gasteiger partial charge is 0.381 e. The minimum atomic E-state index is -4.36. The molecule has 0 radical (unpaired) electrons. The maximum absolute atomic E-state index is 13.0. The highest BCUT2D eigenvalue weighted by Crippen LogP contribution is 2.39. The van der Waals surface area contributed by atoms with Crippen molar-refractivity contribution < 1.29 is 17.9 Å². The summed E-state index contributed by atoms with van der Waals surface area (Å²) in [5.41, 5.74) is 4.81. The lowest BCUT2D eigenvalue weighted by Gasteiger charge is -2.30. The van der Waals surface area contributed by atoms with Crippen molar-refractivity contribution in [1.82, 2.24) is 0 Å². The van der Waals surface area contributed by atoms with Gasteiger partial charge in [-0.2, -0.15) is 13.2 Å². The van der Waals surface area contributed by atoms with Crippen LogP contribution >= 0.6 is 0 Å². The highest BCUT2D eigenvalue weighted by Gasteiger charge is 2.39. The van der Waals surface area contributed by atoms with Crippen LogP contribution in [0.2, 0.25) is 0 Å². The number of halogens is 3. The average molecular weight is 259 g/mol. The van der Waals surface area contributed by atoms with Crippen LogP contribution in [0.1, 0.15) is 30.4 Å². The first-order valence-electron chi connectivity index (χ1n) is 5.97. The van der Waals surface area contributed by atoms with E-state index in [2.05, 4.69) is 0 Å². The second-order valence-corrected chi connectivity index (χ2v) is 4.67. The van der Waals surface area contributed by atoms with Crippen LogP contribution in [0.3, 0.4) is 0 Å². The molecule has 2 N–H and O–H groups in total. The Morgan fingerprint density at radius 2 is 1.83 bits per heavy atom. The van der Waals surface area contributed by atoms with E-state index in [-0.39, 0.29) is 5.56 Å². The molecule has 18 heavy (non-hydrogen) atoms. The van der Waals surface area contributed by atoms with Crippen LogP contribution in [-0.2, 0) is 16.5 Å². The number of nitrogens with two attached hydrogens (primary N) is 1. The summed E-state index contributed by atoms with van der Waals surface area (Å²) in [6, 6.07) is 5.57. The van der Waals surface area contributed by atoms with Crippen LogP contribution in [0.15, 0.2) is 24.3 Å². The Morgan fingerprint density at radius 1 is 1.11 bits per heavy atom. The van der Waals surface area contributed by atoms with Crippen LogP contribution < -0.4 is 5.73 Å². The Bertz CT molecular complexity index is 409. The maximum Gasteiger partial charge on any atom is 0.416 e. The molecule has 2 nitrogen and oxygen atoms in total. The molecule has 1 atom stereocenters. The number of ether oxygens (including phenoxy) is 1. The van der Waals surface area contributed by atoms with E-state index in [9.17, 15) is 13.2 Å². The van der Waals surface area contributed by atoms with Crippen molar-refractivity contribution in [2.75, 3.05) is 13.2 Å². The largest absolute Gasteiger partial charge is 0.416 e. The van der Waals surface area contributed by atoms with Crippen molar-refractivity contribution in [3.8, 4) is 0 Å². The lowest BCUT2D eigenvalue weighted by Crippen LogP contribution is -2.38. The van der Waals surface area contributed by atoms with E-state index in [1.807, 2.05) is 0 Å². The van der Waals surface area contributed by atoms with Crippen molar-refractivity contribution in [3.63, 3.8) is 0 Å². The fourth-order valence-electron chi connectivity index (χ4n) is 2.40. The van der Waals surface area contributed by atoms with Crippen LogP contribution in [0, 0.1) is 0 Å². The van der Waals surface area contributed by atoms with Gasteiger partial charge in [-0.25, -0.2) is 0 Å². The zero-order valence-corrected chi connectivity index (χ0v) is 9.96. The van der Waals surface area contributed by atoms with Gasteiger partial charge in [-0.3, -0.25) is 0 Å². The molecule has 1 saturated heterocycles. The van der Waals surface area contributed by atoms with E-state index in [1.165, 1.54) is 12.1 Å². The molecule has 0 amide bonds. The van der Waals surface area contributed by atoms with Crippen molar-refractivity contribution in [2.45, 2.75) is 31.0 Å². The van der Waals surface area contributed by atoms with Crippen molar-refractivity contribution in [1.29, 1.82) is 0 Å². The van der Waals surface area contributed by atoms with Gasteiger partial charge in [0.1, 0.15) is 0 Å². The van der Waals surface area contributed by atoms with Gasteiger partial charge in [-0.1, -0.05) is 18.2 Å². The molecule has 1 aliphatic rings. The molecule has 0 aliphatic carbocycles. The summed E-state index contributed by atoms with van der Waals surface area (Å²) in [5.74, 6) is 0. The normalized spacial score (nSPS) is 25.8. The predicted molar refractivity (Wildman–Crippen MR) is 62.0 cm³/mol. The van der Waals surface area contributed by atoms with Gasteiger partial charge in [-0.15, -0.1) is 0 Å². The number of hydrogen-bond acceptors (Lipinski definition) is 2. The lowest BCUT2D eigenvalue weighted by atomic mass is 9.81. The monoisotopic (exact) mass is 259 g/mol. The Kier molecular flexibility index (Phi) is 3.64. The number of benzene rings is 1. The molecule has 1 aromatic carbocycles. The first kappa shape index (κ1) is 13.4. The van der Waals surface area contributed by atoms with Crippen LogP contribution in [0.25, 0.3) is 0 Å². The molecule has 1 unspecified atom stereocenters. The first-order valence-corrected chi connectivity index (χ1v) is 5.97. The van der Waals surface area contributed by atoms with Gasteiger partial charge >= 0.3 is 6.18 Å². The topological polar surface area (TPSA) is 35.2 Å². The minimum absolute atomic E-state index is 0.183. The Balaban J connectivity index is 2.43. The summed E-state index contributed by atoms with van der Waals surface area (Å²) in [5, 5.41) is 0. The van der Waals surface area contributed by atoms with Gasteiger partial charge < -0.3 is 10.5 Å². The SMILES string of the molecule is NC1(c2ccccc2C(F)(F)F)CCCOCC1. The molecule has 0 spiro atoms. The lowest BCUT2D eigenvalue weighted by molar-refractivity contribution is -0.138. The van der Waals surface area contributed by atoms with Gasteiger partial charge in [0.25, 0.3) is 0 Å². The Labute approximate surface area is 104 Å². The van der Waals surface area contributed by atoms with E-state index in [1.54, 1.807) is 6.07 Å². The van der Waals surface area contributed by atoms with Crippen LogP contribution in [0.4, 0.5) is 13.2 Å². The Hall–Kier alpha value is -1.07. The summed E-state index contributed by atoms with van der Waals surface area (Å²) >= 11 is 0. The molecule has 1 aliphatic heterocycles. The molecule has 1 heterocycles. The molecule has 0 bridgehead atoms. The number of alkyl halides is 3. The summed E-state index contributed by atoms with van der Waals surface area (Å²) in [6.45, 7) is 0.968. The van der Waals surface area contributed by atoms with E-state index >= 15 is 0 Å². The molecule has 0 saturated carbocycles. The third kappa shape index (κ3) is 2.67. The van der Waals surface area contributed by atoms with E-state index in [4.69, 9.17) is 10.5 Å². The summed E-state index contributed by atoms with van der Waals surface area (Å²) in [7, 11) is 0. The van der Waals surface area contributed by atoms with Gasteiger partial charge in [0.2, 0.25) is 0 Å². The quantitative estimate of drug-likeness (QED) is 0.841. The van der Waals surface area contributed by atoms with Crippen molar-refractivity contribution in [2.24, 2.45) is 5.73 Å². The third-order valence-electron chi connectivity index (χ3n) is 3.37. The number of rotatable bonds is 1. The number of hydrogen-bond donors (Lipinski definition) is 1. The van der Waals surface area contributed by atoms with Crippen LogP contribution in [-0.4, -0.2) is 13.2 Å². The molecule has 0 aromatic heterocycles. The van der Waals surface area contributed by atoms with E-state index < -0.39 is 17.3 Å². The van der Waals surface area contributed by atoms with E-state index in [0.717, 1.165) is 6.07 Å². The first-order chi connectivity index (χ1) is 8.43. The Morgan fingerprint density at radius 3 is 2.56 bits per heavy atom. The van der Waals surface area contributed by atoms with Crippen molar-refractivity contribution in [3.05, 3.63) is 35.4 Å². The second-order valence-electron chi connectivity index (χ2n) is 4.67. The van der Waals surface area contributed by atoms with Gasteiger partial charge in [0, 0.05) is 18.8 Å². The van der Waals surface area contributed by atoms with Gasteiger partial charge in [-0.05, 0) is 30.9 Å². The van der Waals surface area contributed by atoms with Crippen LogP contribution in [0.5, 0.6) is 0 Å². The molecule has 5 heteroatoms. The highest BCUT2D eigenvalue weighted by atomic mass is 19.4. The van der Waals surface area contributed by atoms with Gasteiger partial charge in [0.15, 0.2) is 0 Å². The maximum atomic E-state index is 13.0. The average Bonchev–Trinajstić information content (AvgIpc) is 2.54. The molecule has 2 rings (SSSR count). The molecular weight excluding hydrogens is 243 g/mol. The minimum Gasteiger partial charge on any atom is -0.381 e. The van der Waals surface area contributed by atoms with E-state index in [0.29, 0.717) is 32.5 Å². The third-order valence-corrected chi connectivity index (χ3v) is 3.37. The molecule has 100 valence electrons.